The van der Waals surface area contributed by atoms with Gasteiger partial charge in [0.2, 0.25) is 0 Å². The number of ether oxygens (including phenoxy) is 2. The van der Waals surface area contributed by atoms with Gasteiger partial charge >= 0.3 is 5.97 Å². The molecule has 0 amide bonds. The summed E-state index contributed by atoms with van der Waals surface area (Å²) in [5, 5.41) is 2.52. The minimum atomic E-state index is -0.0221. The first kappa shape index (κ1) is 20.8. The molecule has 0 radical (unpaired) electrons. The number of rotatable bonds is 6. The van der Waals surface area contributed by atoms with Gasteiger partial charge in [-0.05, 0) is 111 Å². The Morgan fingerprint density at radius 3 is 2.39 bits per heavy atom. The molecular weight excluding hydrogens is 386 g/mol. The van der Waals surface area contributed by atoms with E-state index in [-0.39, 0.29) is 11.9 Å². The van der Waals surface area contributed by atoms with Crippen molar-refractivity contribution in [2.45, 2.75) is 70.9 Å². The summed E-state index contributed by atoms with van der Waals surface area (Å²) in [6, 6.07) is 13.3. The summed E-state index contributed by atoms with van der Waals surface area (Å²) in [4.78, 5) is 14.4. The molecule has 3 aliphatic rings. The third kappa shape index (κ3) is 4.90. The van der Waals surface area contributed by atoms with Crippen molar-refractivity contribution in [3.8, 4) is 5.75 Å². The third-order valence-electron chi connectivity index (χ3n) is 7.74. The lowest BCUT2D eigenvalue weighted by atomic mass is 9.85. The van der Waals surface area contributed by atoms with E-state index in [1.165, 1.54) is 54.9 Å². The van der Waals surface area contributed by atoms with Gasteiger partial charge in [0.1, 0.15) is 5.75 Å². The molecule has 1 heterocycles. The van der Waals surface area contributed by atoms with Gasteiger partial charge in [-0.25, -0.2) is 0 Å². The molecule has 3 fully saturated rings. The fraction of sp³-hybridized carbons (Fsp3) is 0.593. The van der Waals surface area contributed by atoms with Crippen molar-refractivity contribution in [2.24, 2.45) is 11.3 Å². The molecule has 2 saturated carbocycles. The molecule has 2 aromatic rings. The van der Waals surface area contributed by atoms with Gasteiger partial charge in [-0.3, -0.25) is 9.69 Å². The second kappa shape index (κ2) is 8.82. The van der Waals surface area contributed by atoms with E-state index in [1.54, 1.807) is 0 Å². The van der Waals surface area contributed by atoms with Crippen molar-refractivity contribution in [3.05, 3.63) is 42.0 Å². The first-order valence-corrected chi connectivity index (χ1v) is 12.2. The fourth-order valence-electron chi connectivity index (χ4n) is 5.48. The SMILES string of the molecule is CCOC(=O)C1CCN(Cc2ccc3cc(OC4CCC5(CC4)CC5)ccc3c2)CC1. The number of esters is 1. The highest BCUT2D eigenvalue weighted by Gasteiger charge is 2.45. The largest absolute Gasteiger partial charge is 0.490 e. The van der Waals surface area contributed by atoms with Crippen LogP contribution in [0.2, 0.25) is 0 Å². The summed E-state index contributed by atoms with van der Waals surface area (Å²) in [6.07, 6.45) is 10.2. The normalized spacial score (nSPS) is 22.0. The van der Waals surface area contributed by atoms with Crippen molar-refractivity contribution in [3.63, 3.8) is 0 Å². The minimum Gasteiger partial charge on any atom is -0.490 e. The number of fused-ring (bicyclic) bond motifs is 1. The number of carbonyl (C=O) groups is 1. The number of likely N-dealkylation sites (tertiary alicyclic amines) is 1. The highest BCUT2D eigenvalue weighted by atomic mass is 16.5. The Labute approximate surface area is 185 Å². The standard InChI is InChI=1S/C27H35NO3/c1-2-30-26(29)21-9-15-28(16-10-21)19-20-3-4-23-18-25(6-5-22(23)17-20)31-24-7-11-27(12-8-24)13-14-27/h3-6,17-18,21,24H,2,7-16,19H2,1H3. The summed E-state index contributed by atoms with van der Waals surface area (Å²) in [7, 11) is 0. The Bertz CT molecular complexity index is 917. The van der Waals surface area contributed by atoms with E-state index in [4.69, 9.17) is 9.47 Å². The average molecular weight is 422 g/mol. The van der Waals surface area contributed by atoms with E-state index >= 15 is 0 Å². The maximum atomic E-state index is 11.9. The van der Waals surface area contributed by atoms with Gasteiger partial charge in [0.05, 0.1) is 18.6 Å². The first-order valence-electron chi connectivity index (χ1n) is 12.2. The van der Waals surface area contributed by atoms with Crippen molar-refractivity contribution in [2.75, 3.05) is 19.7 Å². The lowest BCUT2D eigenvalue weighted by Crippen LogP contribution is -2.36. The van der Waals surface area contributed by atoms with Gasteiger partial charge in [0, 0.05) is 6.54 Å². The molecule has 0 N–H and O–H groups in total. The Hall–Kier alpha value is -2.07. The second-order valence-electron chi connectivity index (χ2n) is 9.96. The van der Waals surface area contributed by atoms with Crippen molar-refractivity contribution in [1.82, 2.24) is 4.90 Å². The molecule has 1 aliphatic heterocycles. The Morgan fingerprint density at radius 1 is 0.968 bits per heavy atom. The zero-order chi connectivity index (χ0) is 21.3. The molecule has 2 aromatic carbocycles. The summed E-state index contributed by atoms with van der Waals surface area (Å²) < 4.78 is 11.5. The Kier molecular flexibility index (Phi) is 5.92. The molecule has 5 rings (SSSR count). The van der Waals surface area contributed by atoms with Crippen LogP contribution < -0.4 is 4.74 Å². The van der Waals surface area contributed by atoms with Gasteiger partial charge in [-0.2, -0.15) is 0 Å². The maximum absolute atomic E-state index is 11.9. The van der Waals surface area contributed by atoms with Crippen LogP contribution in [0, 0.1) is 11.3 Å². The quantitative estimate of drug-likeness (QED) is 0.560. The smallest absolute Gasteiger partial charge is 0.309 e. The predicted octanol–water partition coefficient (Wildman–Crippen LogP) is 5.72. The van der Waals surface area contributed by atoms with E-state index in [1.807, 2.05) is 6.92 Å². The zero-order valence-electron chi connectivity index (χ0n) is 18.8. The summed E-state index contributed by atoms with van der Waals surface area (Å²) in [6.45, 7) is 5.20. The maximum Gasteiger partial charge on any atom is 0.309 e. The molecular formula is C27H35NO3. The molecule has 1 spiro atoms. The van der Waals surface area contributed by atoms with Crippen LogP contribution in [0.1, 0.15) is 63.9 Å². The topological polar surface area (TPSA) is 38.8 Å². The lowest BCUT2D eigenvalue weighted by molar-refractivity contribution is -0.149. The number of carbonyl (C=O) groups excluding carboxylic acids is 1. The van der Waals surface area contributed by atoms with Crippen molar-refractivity contribution < 1.29 is 14.3 Å². The number of piperidine rings is 1. The summed E-state index contributed by atoms with van der Waals surface area (Å²) >= 11 is 0. The first-order chi connectivity index (χ1) is 15.1. The third-order valence-corrected chi connectivity index (χ3v) is 7.74. The van der Waals surface area contributed by atoms with E-state index in [0.29, 0.717) is 18.1 Å². The molecule has 4 heteroatoms. The van der Waals surface area contributed by atoms with Crippen LogP contribution in [0.5, 0.6) is 5.75 Å². The van der Waals surface area contributed by atoms with Gasteiger partial charge in [-0.15, -0.1) is 0 Å². The highest BCUT2D eigenvalue weighted by molar-refractivity contribution is 5.84. The fourth-order valence-corrected chi connectivity index (χ4v) is 5.48. The van der Waals surface area contributed by atoms with Crippen LogP contribution in [-0.2, 0) is 16.1 Å². The molecule has 0 unspecified atom stereocenters. The van der Waals surface area contributed by atoms with Crippen LogP contribution in [0.25, 0.3) is 10.8 Å². The van der Waals surface area contributed by atoms with E-state index in [0.717, 1.165) is 38.2 Å². The molecule has 1 saturated heterocycles. The molecule has 0 atom stereocenters. The molecule has 0 aromatic heterocycles. The van der Waals surface area contributed by atoms with Crippen LogP contribution in [0.15, 0.2) is 36.4 Å². The van der Waals surface area contributed by atoms with E-state index in [2.05, 4.69) is 41.3 Å². The van der Waals surface area contributed by atoms with Crippen molar-refractivity contribution >= 4 is 16.7 Å². The number of nitrogens with zero attached hydrogens (tertiary/aromatic N) is 1. The Balaban J connectivity index is 1.16. The number of hydrogen-bond acceptors (Lipinski definition) is 4. The Morgan fingerprint density at radius 2 is 1.68 bits per heavy atom. The van der Waals surface area contributed by atoms with Gasteiger partial charge in [-0.1, -0.05) is 18.2 Å². The van der Waals surface area contributed by atoms with Crippen molar-refractivity contribution in [1.29, 1.82) is 0 Å². The predicted molar refractivity (Wildman–Crippen MR) is 123 cm³/mol. The molecule has 4 nitrogen and oxygen atoms in total. The molecule has 2 aliphatic carbocycles. The van der Waals surface area contributed by atoms with Crippen LogP contribution in [0.4, 0.5) is 0 Å². The van der Waals surface area contributed by atoms with Crippen LogP contribution in [-0.4, -0.2) is 36.7 Å². The summed E-state index contributed by atoms with van der Waals surface area (Å²) in [5.74, 6) is 1.06. The van der Waals surface area contributed by atoms with Gasteiger partial charge < -0.3 is 9.47 Å². The zero-order valence-corrected chi connectivity index (χ0v) is 18.8. The van der Waals surface area contributed by atoms with Gasteiger partial charge in [0.25, 0.3) is 0 Å². The molecule has 31 heavy (non-hydrogen) atoms. The molecule has 166 valence electrons. The number of hydrogen-bond donors (Lipinski definition) is 0. The highest BCUT2D eigenvalue weighted by Crippen LogP contribution is 2.56. The summed E-state index contributed by atoms with van der Waals surface area (Å²) in [5.41, 5.74) is 2.05. The molecule has 0 bridgehead atoms. The average Bonchev–Trinajstić information content (AvgIpc) is 3.55. The van der Waals surface area contributed by atoms with Crippen LogP contribution in [0.3, 0.4) is 0 Å². The van der Waals surface area contributed by atoms with E-state index in [9.17, 15) is 4.79 Å². The lowest BCUT2D eigenvalue weighted by Gasteiger charge is -2.30. The monoisotopic (exact) mass is 421 g/mol. The van der Waals surface area contributed by atoms with Crippen LogP contribution >= 0.6 is 0 Å². The second-order valence-corrected chi connectivity index (χ2v) is 9.96. The van der Waals surface area contributed by atoms with E-state index < -0.39 is 0 Å². The number of benzene rings is 2. The van der Waals surface area contributed by atoms with Gasteiger partial charge in [0.15, 0.2) is 0 Å². The minimum absolute atomic E-state index is 0.0221.